The van der Waals surface area contributed by atoms with Crippen LogP contribution in [-0.4, -0.2) is 11.9 Å². The zero-order valence-corrected chi connectivity index (χ0v) is 5.90. The van der Waals surface area contributed by atoms with E-state index in [1.54, 1.807) is 36.3 Å². The Balaban J connectivity index is 3.72. The van der Waals surface area contributed by atoms with Gasteiger partial charge in [-0.15, -0.1) is 0 Å². The monoisotopic (exact) mass is 134 g/mol. The van der Waals surface area contributed by atoms with Crippen molar-refractivity contribution in [3.8, 4) is 0 Å². The summed E-state index contributed by atoms with van der Waals surface area (Å²) in [5.41, 5.74) is 0. The van der Waals surface area contributed by atoms with Gasteiger partial charge in [0.1, 0.15) is 0 Å². The molecule has 0 amide bonds. The lowest BCUT2D eigenvalue weighted by molar-refractivity contribution is 0.598. The van der Waals surface area contributed by atoms with Gasteiger partial charge in [0.25, 0.3) is 0 Å². The second-order valence-corrected chi connectivity index (χ2v) is 1.73. The third-order valence-electron chi connectivity index (χ3n) is 0.889. The summed E-state index contributed by atoms with van der Waals surface area (Å²) in [7, 11) is 0. The van der Waals surface area contributed by atoms with Gasteiger partial charge in [0.05, 0.1) is 0 Å². The molecule has 1 nitrogen and oxygen atoms in total. The molecule has 0 aliphatic carbocycles. The van der Waals surface area contributed by atoms with Gasteiger partial charge in [0.2, 0.25) is 0 Å². The minimum Gasteiger partial charge on any atom is -0.443 e. The highest BCUT2D eigenvalue weighted by molar-refractivity contribution is 6.61. The molecule has 0 saturated heterocycles. The van der Waals surface area contributed by atoms with Crippen molar-refractivity contribution in [2.75, 3.05) is 0 Å². The number of rotatable bonds is 4. The third-order valence-corrected chi connectivity index (χ3v) is 0.889. The topological polar surface area (TPSA) is 20.2 Å². The van der Waals surface area contributed by atoms with Crippen molar-refractivity contribution in [2.24, 2.45) is 0 Å². The molecule has 0 aromatic rings. The third kappa shape index (κ3) is 5.13. The summed E-state index contributed by atoms with van der Waals surface area (Å²) >= 11 is 0. The highest BCUT2D eigenvalue weighted by atomic mass is 16.2. The molecule has 52 valence electrons. The van der Waals surface area contributed by atoms with Gasteiger partial charge in [-0.2, -0.15) is 0 Å². The molecule has 0 bridgehead atoms. The van der Waals surface area contributed by atoms with Crippen molar-refractivity contribution in [1.29, 1.82) is 0 Å². The maximum Gasteiger partial charge on any atom is 0.343 e. The lowest BCUT2D eigenvalue weighted by Crippen LogP contribution is -2.02. The van der Waals surface area contributed by atoms with Crippen LogP contribution in [0.5, 0.6) is 0 Å². The van der Waals surface area contributed by atoms with Gasteiger partial charge >= 0.3 is 6.92 Å². The summed E-state index contributed by atoms with van der Waals surface area (Å²) in [5, 5.41) is 9.04. The van der Waals surface area contributed by atoms with E-state index in [0.29, 0.717) is 0 Å². The van der Waals surface area contributed by atoms with E-state index < -0.39 is 6.92 Å². The highest BCUT2D eigenvalue weighted by Gasteiger charge is 1.95. The van der Waals surface area contributed by atoms with E-state index in [4.69, 9.17) is 5.02 Å². The molecule has 0 spiro atoms. The molecule has 0 heterocycles. The normalized spacial score (nSPS) is 10.5. The van der Waals surface area contributed by atoms with Crippen LogP contribution in [0, 0.1) is 0 Å². The van der Waals surface area contributed by atoms with Crippen molar-refractivity contribution in [1.82, 2.24) is 0 Å². The molecule has 0 fully saturated rings. The van der Waals surface area contributed by atoms with Gasteiger partial charge in [0.15, 0.2) is 0 Å². The Bertz CT molecular complexity index is 141. The number of hydrogen-bond donors (Lipinski definition) is 1. The van der Waals surface area contributed by atoms with E-state index in [2.05, 4.69) is 13.2 Å². The zero-order chi connectivity index (χ0) is 7.82. The summed E-state index contributed by atoms with van der Waals surface area (Å²) < 4.78 is 0. The van der Waals surface area contributed by atoms with E-state index in [1.165, 1.54) is 0 Å². The van der Waals surface area contributed by atoms with E-state index in [0.717, 1.165) is 0 Å². The van der Waals surface area contributed by atoms with E-state index in [1.807, 2.05) is 0 Å². The molecule has 0 saturated carbocycles. The minimum absolute atomic E-state index is 0.531. The zero-order valence-electron chi connectivity index (χ0n) is 5.90. The summed E-state index contributed by atoms with van der Waals surface area (Å²) in [6.45, 7) is 6.41. The van der Waals surface area contributed by atoms with E-state index in [9.17, 15) is 0 Å². The number of allylic oxidation sites excluding steroid dienone is 4. The van der Waals surface area contributed by atoms with Crippen LogP contribution in [0.2, 0.25) is 0 Å². The van der Waals surface area contributed by atoms with Gasteiger partial charge in [-0.25, -0.2) is 0 Å². The Morgan fingerprint density at radius 3 is 1.70 bits per heavy atom. The first-order chi connectivity index (χ1) is 4.81. The minimum atomic E-state index is -0.531. The Hall–Kier alpha value is -1.02. The Labute approximate surface area is 62.2 Å². The molecule has 0 unspecified atom stereocenters. The summed E-state index contributed by atoms with van der Waals surface area (Å²) in [5.74, 6) is 3.26. The van der Waals surface area contributed by atoms with Crippen LogP contribution >= 0.6 is 0 Å². The quantitative estimate of drug-likeness (QED) is 0.456. The summed E-state index contributed by atoms with van der Waals surface area (Å²) in [6, 6.07) is 0. The largest absolute Gasteiger partial charge is 0.443 e. The van der Waals surface area contributed by atoms with Crippen molar-refractivity contribution in [2.45, 2.75) is 0 Å². The van der Waals surface area contributed by atoms with E-state index >= 15 is 0 Å². The van der Waals surface area contributed by atoms with E-state index in [-0.39, 0.29) is 0 Å². The Morgan fingerprint density at radius 2 is 1.40 bits per heavy atom. The van der Waals surface area contributed by atoms with Crippen molar-refractivity contribution in [3.05, 3.63) is 49.4 Å². The molecular weight excluding hydrogens is 123 g/mol. The first-order valence-corrected chi connectivity index (χ1v) is 3.07. The van der Waals surface area contributed by atoms with Crippen LogP contribution in [0.25, 0.3) is 0 Å². The molecule has 0 aromatic carbocycles. The summed E-state index contributed by atoms with van der Waals surface area (Å²) in [6.07, 6.45) is 6.62. The van der Waals surface area contributed by atoms with Crippen LogP contribution in [-0.2, 0) is 0 Å². The Kier molecular flexibility index (Phi) is 5.49. The fourth-order valence-corrected chi connectivity index (χ4v) is 0.449. The molecule has 0 rings (SSSR count). The van der Waals surface area contributed by atoms with Gasteiger partial charge < -0.3 is 5.02 Å². The average molecular weight is 134 g/mol. The molecule has 1 N–H and O–H groups in total. The van der Waals surface area contributed by atoms with Crippen LogP contribution in [0.3, 0.4) is 0 Å². The molecule has 0 atom stereocenters. The molecule has 10 heavy (non-hydrogen) atoms. The lowest BCUT2D eigenvalue weighted by atomic mass is 9.68. The lowest BCUT2D eigenvalue weighted by Gasteiger charge is -1.86. The first-order valence-electron chi connectivity index (χ1n) is 3.07. The maximum atomic E-state index is 9.04. The molecule has 0 radical (unpaired) electrons. The highest BCUT2D eigenvalue weighted by Crippen LogP contribution is 1.84. The van der Waals surface area contributed by atoms with Crippen LogP contribution in [0.15, 0.2) is 49.4 Å². The standard InChI is InChI=1S/C8H11BO/c1-3-5-7-9(10)8-6-4-2/h3-8,10H,1-2H2/b7-5+,8-6+. The van der Waals surface area contributed by atoms with Gasteiger partial charge in [-0.3, -0.25) is 0 Å². The van der Waals surface area contributed by atoms with Gasteiger partial charge in [-0.1, -0.05) is 49.4 Å². The SMILES string of the molecule is C=C/C=C/B(O)/C=C/C=C. The van der Waals surface area contributed by atoms with Gasteiger partial charge in [-0.05, 0) is 0 Å². The maximum absolute atomic E-state index is 9.04. The first kappa shape index (κ1) is 8.98. The Morgan fingerprint density at radius 1 is 1.00 bits per heavy atom. The van der Waals surface area contributed by atoms with Crippen LogP contribution in [0.4, 0.5) is 0 Å². The van der Waals surface area contributed by atoms with Crippen molar-refractivity contribution in [3.63, 3.8) is 0 Å². The van der Waals surface area contributed by atoms with Crippen molar-refractivity contribution >= 4 is 6.92 Å². The van der Waals surface area contributed by atoms with Crippen molar-refractivity contribution < 1.29 is 5.02 Å². The van der Waals surface area contributed by atoms with Crippen LogP contribution in [0.1, 0.15) is 0 Å². The fourth-order valence-electron chi connectivity index (χ4n) is 0.449. The predicted molar refractivity (Wildman–Crippen MR) is 46.6 cm³/mol. The smallest absolute Gasteiger partial charge is 0.343 e. The average Bonchev–Trinajstić information content (AvgIpc) is 1.97. The summed E-state index contributed by atoms with van der Waals surface area (Å²) in [4.78, 5) is 0. The molecule has 2 heteroatoms. The number of hydrogen-bond acceptors (Lipinski definition) is 1. The second kappa shape index (κ2) is 6.11. The molecule has 0 aromatic heterocycles. The second-order valence-electron chi connectivity index (χ2n) is 1.73. The molecule has 0 aliphatic heterocycles. The van der Waals surface area contributed by atoms with Crippen LogP contribution < -0.4 is 0 Å². The predicted octanol–water partition coefficient (Wildman–Crippen LogP) is 1.53. The fraction of sp³-hybridized carbons (Fsp3) is 0. The molecular formula is C8H11BO. The van der Waals surface area contributed by atoms with Gasteiger partial charge in [0, 0.05) is 0 Å². The molecule has 0 aliphatic rings.